The molecule has 0 radical (unpaired) electrons. The Labute approximate surface area is 148 Å². The van der Waals surface area contributed by atoms with Gasteiger partial charge in [-0.25, -0.2) is 5.43 Å². The molecule has 2 aromatic rings. The molecule has 1 amide bonds. The minimum Gasteiger partial charge on any atom is -0.358 e. The summed E-state index contributed by atoms with van der Waals surface area (Å²) < 4.78 is 0. The van der Waals surface area contributed by atoms with E-state index in [0.717, 1.165) is 38.3 Å². The van der Waals surface area contributed by atoms with Gasteiger partial charge < -0.3 is 9.88 Å². The SMILES string of the molecule is O=C(C1CC(C2CC2)NN1)N1CCC(c2cc3ccccc3[nH]2)CC1. The number of carbonyl (C=O) groups excluding carboxylic acids is 1. The van der Waals surface area contributed by atoms with Crippen LogP contribution >= 0.6 is 0 Å². The first-order valence-electron chi connectivity index (χ1n) is 9.65. The zero-order valence-electron chi connectivity index (χ0n) is 14.5. The summed E-state index contributed by atoms with van der Waals surface area (Å²) in [5.74, 6) is 1.61. The summed E-state index contributed by atoms with van der Waals surface area (Å²) >= 11 is 0. The van der Waals surface area contributed by atoms with Crippen LogP contribution in [0.15, 0.2) is 30.3 Å². The number of hydrogen-bond donors (Lipinski definition) is 3. The first-order valence-corrected chi connectivity index (χ1v) is 9.65. The number of nitrogens with zero attached hydrogens (tertiary/aromatic N) is 1. The molecule has 2 unspecified atom stereocenters. The van der Waals surface area contributed by atoms with Gasteiger partial charge in [-0.2, -0.15) is 0 Å². The molecule has 25 heavy (non-hydrogen) atoms. The maximum Gasteiger partial charge on any atom is 0.241 e. The summed E-state index contributed by atoms with van der Waals surface area (Å²) in [6, 6.07) is 11.2. The van der Waals surface area contributed by atoms with Crippen LogP contribution in [0, 0.1) is 5.92 Å². The first-order chi connectivity index (χ1) is 12.3. The fraction of sp³-hybridized carbons (Fsp3) is 0.550. The van der Waals surface area contributed by atoms with E-state index in [1.165, 1.54) is 29.4 Å². The van der Waals surface area contributed by atoms with Gasteiger partial charge in [-0.1, -0.05) is 18.2 Å². The summed E-state index contributed by atoms with van der Waals surface area (Å²) in [4.78, 5) is 18.4. The molecule has 1 aliphatic carbocycles. The van der Waals surface area contributed by atoms with Crippen LogP contribution in [0.5, 0.6) is 0 Å². The predicted octanol–water partition coefficient (Wildman–Crippen LogP) is 2.52. The lowest BCUT2D eigenvalue weighted by Gasteiger charge is -2.33. The van der Waals surface area contributed by atoms with Crippen LogP contribution in [0.25, 0.3) is 10.9 Å². The quantitative estimate of drug-likeness (QED) is 0.806. The van der Waals surface area contributed by atoms with Gasteiger partial charge in [-0.15, -0.1) is 0 Å². The Morgan fingerprint density at radius 2 is 1.84 bits per heavy atom. The normalized spacial score (nSPS) is 27.9. The highest BCUT2D eigenvalue weighted by atomic mass is 16.2. The molecule has 0 bridgehead atoms. The smallest absolute Gasteiger partial charge is 0.241 e. The lowest BCUT2D eigenvalue weighted by molar-refractivity contribution is -0.134. The van der Waals surface area contributed by atoms with Crippen molar-refractivity contribution >= 4 is 16.8 Å². The van der Waals surface area contributed by atoms with E-state index in [4.69, 9.17) is 0 Å². The number of hydrazine groups is 1. The summed E-state index contributed by atoms with van der Waals surface area (Å²) in [6.07, 6.45) is 5.67. The molecule has 1 aromatic heterocycles. The molecular formula is C20H26N4O. The molecule has 3 aliphatic rings. The van der Waals surface area contributed by atoms with Gasteiger partial charge in [0.05, 0.1) is 0 Å². The maximum atomic E-state index is 12.8. The number of carbonyl (C=O) groups is 1. The molecule has 3 N–H and O–H groups in total. The predicted molar refractivity (Wildman–Crippen MR) is 98.0 cm³/mol. The van der Waals surface area contributed by atoms with Gasteiger partial charge in [-0.05, 0) is 55.5 Å². The fourth-order valence-corrected chi connectivity index (χ4v) is 4.50. The second kappa shape index (κ2) is 6.15. The van der Waals surface area contributed by atoms with Crippen molar-refractivity contribution in [2.45, 2.75) is 50.1 Å². The minimum atomic E-state index is -0.0322. The third kappa shape index (κ3) is 2.96. The number of H-pyrrole nitrogens is 1. The number of likely N-dealkylation sites (tertiary alicyclic amines) is 1. The number of fused-ring (bicyclic) bond motifs is 1. The Kier molecular flexibility index (Phi) is 3.79. The molecule has 5 heteroatoms. The summed E-state index contributed by atoms with van der Waals surface area (Å²) in [6.45, 7) is 1.73. The van der Waals surface area contributed by atoms with E-state index in [1.54, 1.807) is 0 Å². The van der Waals surface area contributed by atoms with E-state index in [2.05, 4.69) is 51.1 Å². The number of aromatic amines is 1. The molecule has 132 valence electrons. The van der Waals surface area contributed by atoms with Crippen molar-refractivity contribution in [1.82, 2.24) is 20.7 Å². The number of piperidine rings is 1. The van der Waals surface area contributed by atoms with Crippen molar-refractivity contribution in [3.63, 3.8) is 0 Å². The summed E-state index contributed by atoms with van der Waals surface area (Å²) in [5, 5.41) is 1.28. The van der Waals surface area contributed by atoms with Gasteiger partial charge in [0.25, 0.3) is 0 Å². The van der Waals surface area contributed by atoms with Crippen molar-refractivity contribution in [3.8, 4) is 0 Å². The van der Waals surface area contributed by atoms with Gasteiger partial charge in [0, 0.05) is 36.3 Å². The summed E-state index contributed by atoms with van der Waals surface area (Å²) in [7, 11) is 0. The Morgan fingerprint density at radius 3 is 2.60 bits per heavy atom. The number of hydrogen-bond acceptors (Lipinski definition) is 3. The number of amides is 1. The van der Waals surface area contributed by atoms with Crippen LogP contribution < -0.4 is 10.9 Å². The van der Waals surface area contributed by atoms with Crippen molar-refractivity contribution in [2.75, 3.05) is 13.1 Å². The molecule has 5 nitrogen and oxygen atoms in total. The molecule has 5 rings (SSSR count). The summed E-state index contributed by atoms with van der Waals surface area (Å²) in [5.41, 5.74) is 9.11. The average molecular weight is 338 g/mol. The highest BCUT2D eigenvalue weighted by Gasteiger charge is 2.40. The van der Waals surface area contributed by atoms with Gasteiger partial charge in [0.15, 0.2) is 0 Å². The van der Waals surface area contributed by atoms with Gasteiger partial charge in [0.1, 0.15) is 6.04 Å². The Hall–Kier alpha value is -1.85. The number of aromatic nitrogens is 1. The Balaban J connectivity index is 1.20. The lowest BCUT2D eigenvalue weighted by Crippen LogP contribution is -2.48. The molecule has 1 aromatic carbocycles. The van der Waals surface area contributed by atoms with Crippen LogP contribution in [-0.4, -0.2) is 41.0 Å². The fourth-order valence-electron chi connectivity index (χ4n) is 4.50. The standard InChI is InChI=1S/C20H26N4O/c25-20(19-12-18(22-23-19)13-5-6-13)24-9-7-14(8-10-24)17-11-15-3-1-2-4-16(15)21-17/h1-4,11,13-14,18-19,21-23H,5-10,12H2. The van der Waals surface area contributed by atoms with Gasteiger partial charge in [-0.3, -0.25) is 10.2 Å². The Morgan fingerprint density at radius 1 is 1.04 bits per heavy atom. The van der Waals surface area contributed by atoms with Crippen molar-refractivity contribution in [3.05, 3.63) is 36.0 Å². The highest BCUT2D eigenvalue weighted by molar-refractivity contribution is 5.82. The van der Waals surface area contributed by atoms with Crippen LogP contribution in [-0.2, 0) is 4.79 Å². The topological polar surface area (TPSA) is 60.2 Å². The van der Waals surface area contributed by atoms with E-state index in [1.807, 2.05) is 0 Å². The van der Waals surface area contributed by atoms with Crippen LogP contribution in [0.3, 0.4) is 0 Å². The van der Waals surface area contributed by atoms with Crippen molar-refractivity contribution < 1.29 is 4.79 Å². The number of benzene rings is 1. The van der Waals surface area contributed by atoms with E-state index in [0.29, 0.717) is 12.0 Å². The molecule has 3 heterocycles. The Bertz CT molecular complexity index is 740. The molecule has 2 saturated heterocycles. The van der Waals surface area contributed by atoms with Crippen molar-refractivity contribution in [1.29, 1.82) is 0 Å². The molecule has 2 atom stereocenters. The van der Waals surface area contributed by atoms with E-state index < -0.39 is 0 Å². The second-order valence-corrected chi connectivity index (χ2v) is 7.93. The number of para-hydroxylation sites is 1. The molecule has 2 aliphatic heterocycles. The van der Waals surface area contributed by atoms with E-state index in [-0.39, 0.29) is 11.9 Å². The third-order valence-corrected chi connectivity index (χ3v) is 6.22. The van der Waals surface area contributed by atoms with E-state index in [9.17, 15) is 4.79 Å². The molecule has 1 saturated carbocycles. The zero-order valence-corrected chi connectivity index (χ0v) is 14.5. The third-order valence-electron chi connectivity index (χ3n) is 6.22. The van der Waals surface area contributed by atoms with Gasteiger partial charge >= 0.3 is 0 Å². The maximum absolute atomic E-state index is 12.8. The average Bonchev–Trinajstić information content (AvgIpc) is 3.22. The second-order valence-electron chi connectivity index (χ2n) is 7.93. The van der Waals surface area contributed by atoms with E-state index >= 15 is 0 Å². The van der Waals surface area contributed by atoms with Crippen molar-refractivity contribution in [2.24, 2.45) is 5.92 Å². The lowest BCUT2D eigenvalue weighted by atomic mass is 9.93. The van der Waals surface area contributed by atoms with Crippen LogP contribution in [0.4, 0.5) is 0 Å². The molecule has 3 fully saturated rings. The first kappa shape index (κ1) is 15.4. The van der Waals surface area contributed by atoms with Crippen LogP contribution in [0.2, 0.25) is 0 Å². The monoisotopic (exact) mass is 338 g/mol. The minimum absolute atomic E-state index is 0.0322. The number of rotatable bonds is 3. The largest absolute Gasteiger partial charge is 0.358 e. The molecular weight excluding hydrogens is 312 g/mol. The van der Waals surface area contributed by atoms with Crippen LogP contribution in [0.1, 0.15) is 43.7 Å². The zero-order chi connectivity index (χ0) is 16.8. The number of nitrogens with one attached hydrogen (secondary N) is 3. The molecule has 0 spiro atoms. The highest BCUT2D eigenvalue weighted by Crippen LogP contribution is 2.36. The van der Waals surface area contributed by atoms with Gasteiger partial charge in [0.2, 0.25) is 5.91 Å².